The van der Waals surface area contributed by atoms with Crippen LogP contribution in [0, 0.1) is 0 Å². The van der Waals surface area contributed by atoms with Crippen LogP contribution in [0.5, 0.6) is 0 Å². The Kier molecular flexibility index (Phi) is 66.8. The van der Waals surface area contributed by atoms with Gasteiger partial charge in [0.1, 0.15) is 19.3 Å². The number of carbonyl (C=O) groups excluding carboxylic acids is 4. The average Bonchev–Trinajstić information content (AvgIpc) is 1.83. The number of ether oxygens (including phenoxy) is 4. The van der Waals surface area contributed by atoms with Crippen molar-refractivity contribution in [2.45, 2.75) is 380 Å². The number of rotatable bonds is 73. The van der Waals surface area contributed by atoms with Crippen LogP contribution in [0.2, 0.25) is 0 Å². The number of hydrogen-bond donors (Lipinski definition) is 3. The van der Waals surface area contributed by atoms with Gasteiger partial charge >= 0.3 is 39.5 Å². The van der Waals surface area contributed by atoms with Crippen molar-refractivity contribution in [2.75, 3.05) is 39.6 Å². The third-order valence-corrected chi connectivity index (χ3v) is 18.5. The number of hydrogen-bond acceptors (Lipinski definition) is 15. The summed E-state index contributed by atoms with van der Waals surface area (Å²) in [6.45, 7) is 4.88. The molecule has 0 radical (unpaired) electrons. The zero-order chi connectivity index (χ0) is 69.0. The van der Waals surface area contributed by atoms with Gasteiger partial charge in [-0.2, -0.15) is 0 Å². The third kappa shape index (κ3) is 67.8. The summed E-state index contributed by atoms with van der Waals surface area (Å²) in [4.78, 5) is 72.7. The van der Waals surface area contributed by atoms with Gasteiger partial charge in [-0.3, -0.25) is 37.3 Å². The fraction of sp³-hybridized carbons (Fsp3) is 0.867. The first-order valence-corrected chi connectivity index (χ1v) is 41.2. The van der Waals surface area contributed by atoms with E-state index in [-0.39, 0.29) is 25.7 Å². The largest absolute Gasteiger partial charge is 0.472 e. The molecule has 0 heterocycles. The van der Waals surface area contributed by atoms with Crippen LogP contribution in [0.1, 0.15) is 362 Å². The minimum Gasteiger partial charge on any atom is -0.462 e. The topological polar surface area (TPSA) is 237 Å². The second-order valence-electron chi connectivity index (χ2n) is 25.9. The number of aliphatic hydroxyl groups is 1. The standard InChI is InChI=1S/C75H140O17P2/c1-5-9-13-17-21-25-29-33-34-38-42-46-50-54-58-62-75(80)92-71(66-86-73(78)60-56-52-48-44-40-36-31-27-23-19-15-11-7-3)68-90-94(83,84)88-64-69(76)63-87-93(81,82)89-67-70(91-74(79)61-57-53-49-45-41-37-32-28-24-20-16-12-8-4)65-85-72(77)59-55-51-47-43-39-35-30-26-22-18-14-10-6-2/h26-27,30-31,33-34,69-71,76H,5-25,28-29,32,35-68H2,1-4H3,(H,81,82)(H,83,84)/b30-26-,31-27-,34-33-/t69-,70+,71+/m0/s1. The van der Waals surface area contributed by atoms with Gasteiger partial charge in [0.25, 0.3) is 0 Å². The number of phosphoric acid groups is 2. The Labute approximate surface area is 573 Å². The van der Waals surface area contributed by atoms with E-state index in [4.69, 9.17) is 37.0 Å². The van der Waals surface area contributed by atoms with E-state index >= 15 is 0 Å². The van der Waals surface area contributed by atoms with E-state index in [1.807, 2.05) is 0 Å². The number of carbonyl (C=O) groups is 4. The first-order chi connectivity index (χ1) is 45.7. The highest BCUT2D eigenvalue weighted by atomic mass is 31.2. The molecule has 19 heteroatoms. The molecule has 0 fully saturated rings. The van der Waals surface area contributed by atoms with E-state index in [0.717, 1.165) is 141 Å². The lowest BCUT2D eigenvalue weighted by atomic mass is 10.0. The molecule has 0 aliphatic rings. The molecule has 0 aromatic rings. The second kappa shape index (κ2) is 68.8. The maximum atomic E-state index is 13.1. The van der Waals surface area contributed by atoms with Crippen molar-refractivity contribution >= 4 is 39.5 Å². The van der Waals surface area contributed by atoms with Crippen LogP contribution in [0.3, 0.4) is 0 Å². The number of esters is 4. The van der Waals surface area contributed by atoms with Gasteiger partial charge in [-0.15, -0.1) is 0 Å². The van der Waals surface area contributed by atoms with E-state index in [1.165, 1.54) is 141 Å². The summed E-state index contributed by atoms with van der Waals surface area (Å²) in [6, 6.07) is 0. The van der Waals surface area contributed by atoms with Crippen molar-refractivity contribution in [1.82, 2.24) is 0 Å². The number of unbranched alkanes of at least 4 members (excludes halogenated alkanes) is 41. The summed E-state index contributed by atoms with van der Waals surface area (Å²) in [5, 5.41) is 10.6. The Balaban J connectivity index is 5.31. The van der Waals surface area contributed by atoms with Crippen LogP contribution in [0.4, 0.5) is 0 Å². The SMILES string of the molecule is CCCCCC/C=C\CCCCCCCC(=O)OC[C@H](COP(=O)(O)OC[C@@H](O)COP(=O)(O)OC[C@@H](COC(=O)CCCCCCC/C=C\CCCCCC)OC(=O)CCCCCCCCCCCCCCC)OC(=O)CCCCCCC/C=C\CCCCCCCC. The van der Waals surface area contributed by atoms with Crippen molar-refractivity contribution in [1.29, 1.82) is 0 Å². The summed E-state index contributed by atoms with van der Waals surface area (Å²) in [7, 11) is -9.93. The number of allylic oxidation sites excluding steroid dienone is 6. The van der Waals surface area contributed by atoms with Crippen molar-refractivity contribution in [3.8, 4) is 0 Å². The van der Waals surface area contributed by atoms with Crippen molar-refractivity contribution in [3.05, 3.63) is 36.5 Å². The Morgan fingerprint density at radius 3 is 0.745 bits per heavy atom. The van der Waals surface area contributed by atoms with Gasteiger partial charge in [0, 0.05) is 25.7 Å². The summed E-state index contributed by atoms with van der Waals surface area (Å²) < 4.78 is 68.4. The molecule has 3 N–H and O–H groups in total. The number of phosphoric ester groups is 2. The minimum atomic E-state index is -4.97. The van der Waals surface area contributed by atoms with Gasteiger partial charge in [0.05, 0.1) is 26.4 Å². The molecule has 0 aromatic carbocycles. The highest BCUT2D eigenvalue weighted by molar-refractivity contribution is 7.47. The maximum absolute atomic E-state index is 13.1. The fourth-order valence-corrected chi connectivity index (χ4v) is 12.3. The Bertz CT molecular complexity index is 1930. The quantitative estimate of drug-likeness (QED) is 0.0169. The summed E-state index contributed by atoms with van der Waals surface area (Å²) in [5.74, 6) is -2.16. The fourth-order valence-electron chi connectivity index (χ4n) is 10.7. The molecule has 17 nitrogen and oxygen atoms in total. The minimum absolute atomic E-state index is 0.0896. The number of aliphatic hydroxyl groups excluding tert-OH is 1. The molecule has 0 bridgehead atoms. The lowest BCUT2D eigenvalue weighted by Gasteiger charge is -2.21. The first kappa shape index (κ1) is 91.3. The van der Waals surface area contributed by atoms with Gasteiger partial charge in [-0.05, 0) is 103 Å². The van der Waals surface area contributed by atoms with E-state index < -0.39 is 97.5 Å². The molecule has 0 saturated heterocycles. The highest BCUT2D eigenvalue weighted by Crippen LogP contribution is 2.45. The molecule has 5 atom stereocenters. The van der Waals surface area contributed by atoms with Crippen LogP contribution in [-0.2, 0) is 65.4 Å². The van der Waals surface area contributed by atoms with Crippen LogP contribution in [0.15, 0.2) is 36.5 Å². The van der Waals surface area contributed by atoms with Crippen LogP contribution < -0.4 is 0 Å². The lowest BCUT2D eigenvalue weighted by molar-refractivity contribution is -0.161. The van der Waals surface area contributed by atoms with Gasteiger partial charge in [-0.1, -0.05) is 270 Å². The summed E-state index contributed by atoms with van der Waals surface area (Å²) in [5.41, 5.74) is 0. The molecule has 0 saturated carbocycles. The van der Waals surface area contributed by atoms with E-state index in [1.54, 1.807) is 0 Å². The van der Waals surface area contributed by atoms with E-state index in [0.29, 0.717) is 25.7 Å². The molecule has 94 heavy (non-hydrogen) atoms. The van der Waals surface area contributed by atoms with Crippen LogP contribution in [-0.4, -0.2) is 96.7 Å². The average molecular weight is 1380 g/mol. The van der Waals surface area contributed by atoms with Gasteiger partial charge < -0.3 is 33.8 Å². The molecule has 0 aromatic heterocycles. The monoisotopic (exact) mass is 1370 g/mol. The molecule has 0 spiro atoms. The predicted molar refractivity (Wildman–Crippen MR) is 381 cm³/mol. The predicted octanol–water partition coefficient (Wildman–Crippen LogP) is 21.6. The Hall–Kier alpha value is -2.72. The van der Waals surface area contributed by atoms with Gasteiger partial charge in [-0.25, -0.2) is 9.13 Å². The lowest BCUT2D eigenvalue weighted by Crippen LogP contribution is -2.30. The second-order valence-corrected chi connectivity index (χ2v) is 28.9. The highest BCUT2D eigenvalue weighted by Gasteiger charge is 2.30. The Morgan fingerprint density at radius 2 is 0.489 bits per heavy atom. The normalized spacial score (nSPS) is 14.2. The van der Waals surface area contributed by atoms with Crippen molar-refractivity contribution in [3.63, 3.8) is 0 Å². The third-order valence-electron chi connectivity index (χ3n) is 16.6. The Morgan fingerprint density at radius 1 is 0.287 bits per heavy atom. The van der Waals surface area contributed by atoms with Crippen molar-refractivity contribution < 1.29 is 80.2 Å². The smallest absolute Gasteiger partial charge is 0.462 e. The molecule has 0 aliphatic carbocycles. The van der Waals surface area contributed by atoms with E-state index in [9.17, 15) is 43.2 Å². The summed E-state index contributed by atoms with van der Waals surface area (Å²) in [6.07, 6.45) is 62.7. The van der Waals surface area contributed by atoms with Crippen molar-refractivity contribution in [2.24, 2.45) is 0 Å². The van der Waals surface area contributed by atoms with Crippen LogP contribution in [0.25, 0.3) is 0 Å². The maximum Gasteiger partial charge on any atom is 0.472 e. The molecule has 552 valence electrons. The van der Waals surface area contributed by atoms with Gasteiger partial charge in [0.15, 0.2) is 12.2 Å². The van der Waals surface area contributed by atoms with Gasteiger partial charge in [0.2, 0.25) is 0 Å². The van der Waals surface area contributed by atoms with Crippen LogP contribution >= 0.6 is 15.6 Å². The molecule has 2 unspecified atom stereocenters. The first-order valence-electron chi connectivity index (χ1n) is 38.2. The summed E-state index contributed by atoms with van der Waals surface area (Å²) >= 11 is 0. The molecule has 0 amide bonds. The zero-order valence-electron chi connectivity index (χ0n) is 60.2. The molecule has 0 aliphatic heterocycles. The zero-order valence-corrected chi connectivity index (χ0v) is 61.9. The molecular formula is C75H140O17P2. The van der Waals surface area contributed by atoms with E-state index in [2.05, 4.69) is 64.2 Å². The molecular weight excluding hydrogens is 1230 g/mol. The molecule has 0 rings (SSSR count).